The van der Waals surface area contributed by atoms with Crippen LogP contribution in [-0.2, 0) is 52.6 Å². The third kappa shape index (κ3) is 19.7. The van der Waals surface area contributed by atoms with E-state index in [2.05, 4.69) is 154 Å². The van der Waals surface area contributed by atoms with E-state index in [1.165, 1.54) is 29.5 Å². The third-order valence-electron chi connectivity index (χ3n) is 16.1. The first-order valence-electron chi connectivity index (χ1n) is 31.2. The predicted octanol–water partition coefficient (Wildman–Crippen LogP) is 15.9. The van der Waals surface area contributed by atoms with Gasteiger partial charge in [0.2, 0.25) is 0 Å². The minimum Gasteiger partial charge on any atom is -0.494 e. The van der Waals surface area contributed by atoms with E-state index in [1.54, 1.807) is 0 Å². The lowest BCUT2D eigenvalue weighted by Gasteiger charge is -2.39. The SMILES string of the molecule is CCCCOc1ccc(C(=O)N(Cc2ccc(OCc3ccccc3)c(OCc3ccccc3)c2)C2CCN(Cc3ccccc3)CC2)cc1.c1ccc(COc2ccc(CNC3CCN(Cc4ccccc4)CC3)cc2OCc2ccccc2)cc1. The molecule has 2 aliphatic rings. The molecule has 9 aromatic rings. The molecular formula is C77H84N4O6. The van der Waals surface area contributed by atoms with Crippen molar-refractivity contribution in [2.45, 2.75) is 110 Å². The molecule has 2 fully saturated rings. The van der Waals surface area contributed by atoms with Crippen LogP contribution in [0.5, 0.6) is 28.7 Å². The van der Waals surface area contributed by atoms with Crippen molar-refractivity contribution < 1.29 is 28.5 Å². The summed E-state index contributed by atoms with van der Waals surface area (Å²) in [6.07, 6.45) is 6.24. The molecule has 0 aromatic heterocycles. The van der Waals surface area contributed by atoms with Crippen LogP contribution >= 0.6 is 0 Å². The number of hydrogen-bond donors (Lipinski definition) is 1. The minimum absolute atomic E-state index is 0.0303. The highest BCUT2D eigenvalue weighted by Crippen LogP contribution is 2.34. The van der Waals surface area contributed by atoms with Crippen LogP contribution in [0.25, 0.3) is 0 Å². The van der Waals surface area contributed by atoms with E-state index in [1.807, 2.05) is 115 Å². The predicted molar refractivity (Wildman–Crippen MR) is 349 cm³/mol. The van der Waals surface area contributed by atoms with E-state index in [0.717, 1.165) is 117 Å². The molecule has 9 aromatic carbocycles. The van der Waals surface area contributed by atoms with E-state index >= 15 is 0 Å². The van der Waals surface area contributed by atoms with Crippen LogP contribution in [0.3, 0.4) is 0 Å². The largest absolute Gasteiger partial charge is 0.494 e. The molecule has 10 heteroatoms. The summed E-state index contributed by atoms with van der Waals surface area (Å²) < 4.78 is 31.0. The Labute approximate surface area is 516 Å². The number of carbonyl (C=O) groups is 1. The lowest BCUT2D eigenvalue weighted by Crippen LogP contribution is -2.46. The Bertz CT molecular complexity index is 3400. The van der Waals surface area contributed by atoms with Crippen molar-refractivity contribution in [3.05, 3.63) is 293 Å². The van der Waals surface area contributed by atoms with Gasteiger partial charge in [0.1, 0.15) is 32.2 Å². The highest BCUT2D eigenvalue weighted by atomic mass is 16.5. The van der Waals surface area contributed by atoms with Crippen molar-refractivity contribution in [3.63, 3.8) is 0 Å². The topological polar surface area (TPSA) is 85.0 Å². The maximum atomic E-state index is 14.3. The number of likely N-dealkylation sites (tertiary alicyclic amines) is 2. The van der Waals surface area contributed by atoms with Gasteiger partial charge in [-0.2, -0.15) is 0 Å². The third-order valence-corrected chi connectivity index (χ3v) is 16.1. The summed E-state index contributed by atoms with van der Waals surface area (Å²) in [5.74, 6) is 3.74. The van der Waals surface area contributed by atoms with Crippen LogP contribution < -0.4 is 29.0 Å². The van der Waals surface area contributed by atoms with E-state index in [0.29, 0.717) is 62.7 Å². The number of amides is 1. The van der Waals surface area contributed by atoms with Gasteiger partial charge in [0, 0.05) is 56.9 Å². The normalized spacial score (nSPS) is 13.9. The smallest absolute Gasteiger partial charge is 0.254 e. The van der Waals surface area contributed by atoms with Crippen LogP contribution in [0.4, 0.5) is 0 Å². The molecule has 448 valence electrons. The molecule has 0 bridgehead atoms. The highest BCUT2D eigenvalue weighted by Gasteiger charge is 2.30. The van der Waals surface area contributed by atoms with Crippen LogP contribution in [0, 0.1) is 0 Å². The molecule has 1 N–H and O–H groups in total. The first-order chi connectivity index (χ1) is 43.0. The monoisotopic (exact) mass is 1160 g/mol. The number of nitrogens with zero attached hydrogens (tertiary/aromatic N) is 3. The standard InChI is InChI=1S/C44H48N2O4.C33H36N2O2/c1-2-3-29-48-41-22-20-39(21-23-41)44(47)46(40-25-27-45(28-26-40)31-35-13-7-4-8-14-35)32-38-19-24-42(49-33-36-15-9-5-10-16-36)43(30-38)50-34-37-17-11-6-12-18-37;1-4-10-27(11-5-1)24-35-20-18-31(19-21-35)34-23-30-16-17-32(36-25-28-12-6-2-7-13-28)33(22-30)37-26-29-14-8-3-9-15-29/h4-24,30,40H,2-3,25-29,31-34H2,1H3;1-17,22,31,34H,18-21,23-26H2. The summed E-state index contributed by atoms with van der Waals surface area (Å²) in [6, 6.07) is 82.8. The number of carbonyl (C=O) groups excluding carboxylic acids is 1. The Morgan fingerprint density at radius 1 is 0.425 bits per heavy atom. The zero-order chi connectivity index (χ0) is 59.5. The van der Waals surface area contributed by atoms with Crippen molar-refractivity contribution in [3.8, 4) is 28.7 Å². The fourth-order valence-electron chi connectivity index (χ4n) is 11.1. The molecular weight excluding hydrogens is 1080 g/mol. The molecule has 0 radical (unpaired) electrons. The summed E-state index contributed by atoms with van der Waals surface area (Å²) >= 11 is 0. The highest BCUT2D eigenvalue weighted by molar-refractivity contribution is 5.94. The summed E-state index contributed by atoms with van der Waals surface area (Å²) in [7, 11) is 0. The molecule has 0 spiro atoms. The minimum atomic E-state index is 0.0303. The second-order valence-electron chi connectivity index (χ2n) is 22.7. The first kappa shape index (κ1) is 61.4. The van der Waals surface area contributed by atoms with Gasteiger partial charge < -0.3 is 33.9 Å². The molecule has 2 saturated heterocycles. The van der Waals surface area contributed by atoms with Gasteiger partial charge in [-0.05, 0) is 138 Å². The number of hydrogen-bond acceptors (Lipinski definition) is 9. The van der Waals surface area contributed by atoms with E-state index in [4.69, 9.17) is 23.7 Å². The van der Waals surface area contributed by atoms with E-state index < -0.39 is 0 Å². The fourth-order valence-corrected chi connectivity index (χ4v) is 11.1. The quantitative estimate of drug-likeness (QED) is 0.0506. The van der Waals surface area contributed by atoms with E-state index in [9.17, 15) is 4.79 Å². The Morgan fingerprint density at radius 2 is 0.816 bits per heavy atom. The summed E-state index contributed by atoms with van der Waals surface area (Å²) in [4.78, 5) is 21.4. The van der Waals surface area contributed by atoms with Gasteiger partial charge in [-0.25, -0.2) is 0 Å². The van der Waals surface area contributed by atoms with Crippen LogP contribution in [0.1, 0.15) is 100 Å². The summed E-state index contributed by atoms with van der Waals surface area (Å²) in [5.41, 5.74) is 10.0. The Hall–Kier alpha value is -8.67. The zero-order valence-corrected chi connectivity index (χ0v) is 50.5. The van der Waals surface area contributed by atoms with Crippen molar-refractivity contribution in [1.82, 2.24) is 20.0 Å². The van der Waals surface area contributed by atoms with Crippen LogP contribution in [0.2, 0.25) is 0 Å². The van der Waals surface area contributed by atoms with Crippen molar-refractivity contribution >= 4 is 5.91 Å². The Morgan fingerprint density at radius 3 is 1.25 bits per heavy atom. The number of piperidine rings is 2. The molecule has 0 atom stereocenters. The Kier molecular flexibility index (Phi) is 23.5. The first-order valence-corrected chi connectivity index (χ1v) is 31.2. The summed E-state index contributed by atoms with van der Waals surface area (Å²) in [6.45, 7) is 12.1. The van der Waals surface area contributed by atoms with Crippen LogP contribution in [0.15, 0.2) is 243 Å². The van der Waals surface area contributed by atoms with E-state index in [-0.39, 0.29) is 11.9 Å². The molecule has 11 rings (SSSR count). The zero-order valence-electron chi connectivity index (χ0n) is 50.5. The van der Waals surface area contributed by atoms with Gasteiger partial charge >= 0.3 is 0 Å². The second kappa shape index (κ2) is 33.3. The van der Waals surface area contributed by atoms with Gasteiger partial charge in [0.05, 0.1) is 6.61 Å². The maximum absolute atomic E-state index is 14.3. The number of nitrogens with one attached hydrogen (secondary N) is 1. The van der Waals surface area contributed by atoms with Gasteiger partial charge in [-0.3, -0.25) is 14.6 Å². The second-order valence-corrected chi connectivity index (χ2v) is 22.7. The van der Waals surface area contributed by atoms with Crippen molar-refractivity contribution in [2.24, 2.45) is 0 Å². The molecule has 2 heterocycles. The fraction of sp³-hybridized carbons (Fsp3) is 0.286. The molecule has 0 saturated carbocycles. The van der Waals surface area contributed by atoms with Crippen LogP contribution in [-0.4, -0.2) is 65.5 Å². The maximum Gasteiger partial charge on any atom is 0.254 e. The van der Waals surface area contributed by atoms with Gasteiger partial charge in [0.25, 0.3) is 5.91 Å². The number of unbranched alkanes of at least 4 members (excludes halogenated alkanes) is 1. The number of ether oxygens (including phenoxy) is 5. The molecule has 0 unspecified atom stereocenters. The van der Waals surface area contributed by atoms with Gasteiger partial charge in [-0.1, -0.05) is 207 Å². The van der Waals surface area contributed by atoms with Crippen molar-refractivity contribution in [2.75, 3.05) is 32.8 Å². The Balaban J connectivity index is 0.000000201. The lowest BCUT2D eigenvalue weighted by atomic mass is 10.00. The molecule has 0 aliphatic carbocycles. The molecule has 2 aliphatic heterocycles. The molecule has 87 heavy (non-hydrogen) atoms. The van der Waals surface area contributed by atoms with Gasteiger partial charge in [0.15, 0.2) is 23.0 Å². The molecule has 1 amide bonds. The average molecular weight is 1160 g/mol. The average Bonchev–Trinajstić information content (AvgIpc) is 3.49. The van der Waals surface area contributed by atoms with Crippen molar-refractivity contribution in [1.29, 1.82) is 0 Å². The lowest BCUT2D eigenvalue weighted by molar-refractivity contribution is 0.0542. The van der Waals surface area contributed by atoms with Gasteiger partial charge in [-0.15, -0.1) is 0 Å². The summed E-state index contributed by atoms with van der Waals surface area (Å²) in [5, 5.41) is 3.78. The molecule has 10 nitrogen and oxygen atoms in total. The number of rotatable bonds is 27. The number of benzene rings is 9.